The van der Waals surface area contributed by atoms with Gasteiger partial charge in [-0.25, -0.2) is 0 Å². The molecular formula is C20H22N2O2. The maximum atomic E-state index is 11.9. The van der Waals surface area contributed by atoms with E-state index in [0.717, 1.165) is 16.7 Å². The first-order chi connectivity index (χ1) is 11.4. The Bertz CT molecular complexity index is 807. The summed E-state index contributed by atoms with van der Waals surface area (Å²) in [7, 11) is 1.53. The van der Waals surface area contributed by atoms with Gasteiger partial charge in [-0.2, -0.15) is 0 Å². The van der Waals surface area contributed by atoms with E-state index in [1.165, 1.54) is 25.1 Å². The number of carbonyl (C=O) groups is 2. The van der Waals surface area contributed by atoms with Crippen LogP contribution in [0.4, 0.5) is 0 Å². The summed E-state index contributed by atoms with van der Waals surface area (Å²) in [5.41, 5.74) is 5.74. The van der Waals surface area contributed by atoms with Crippen molar-refractivity contribution < 1.29 is 9.59 Å². The highest BCUT2D eigenvalue weighted by Crippen LogP contribution is 2.23. The van der Waals surface area contributed by atoms with Crippen LogP contribution in [0.3, 0.4) is 0 Å². The summed E-state index contributed by atoms with van der Waals surface area (Å²) in [6.07, 6.45) is 1.67. The highest BCUT2D eigenvalue weighted by molar-refractivity contribution is 6.00. The van der Waals surface area contributed by atoms with Gasteiger partial charge in [0.15, 0.2) is 0 Å². The number of aryl methyl sites for hydroxylation is 2. The van der Waals surface area contributed by atoms with E-state index in [4.69, 9.17) is 0 Å². The molecule has 0 spiro atoms. The predicted molar refractivity (Wildman–Crippen MR) is 97.2 cm³/mol. The molecule has 2 aromatic rings. The molecule has 0 atom stereocenters. The Morgan fingerprint density at radius 3 is 2.29 bits per heavy atom. The molecule has 24 heavy (non-hydrogen) atoms. The van der Waals surface area contributed by atoms with Crippen LogP contribution in [0.5, 0.6) is 0 Å². The molecule has 4 heteroatoms. The standard InChI is InChI=1S/C20H22N2O2/c1-13-8-9-18(10-14(13)2)17-7-5-6-16(11-17)12-19(20(24)21-4)22-15(3)23/h5-12H,1-4H3,(H,21,24)(H,22,23)/b19-12-. The van der Waals surface area contributed by atoms with Gasteiger partial charge in [0.2, 0.25) is 5.91 Å². The molecule has 0 aliphatic carbocycles. The van der Waals surface area contributed by atoms with E-state index in [2.05, 4.69) is 42.7 Å². The van der Waals surface area contributed by atoms with Gasteiger partial charge in [0.1, 0.15) is 5.70 Å². The van der Waals surface area contributed by atoms with E-state index in [9.17, 15) is 9.59 Å². The van der Waals surface area contributed by atoms with Gasteiger partial charge in [0.05, 0.1) is 0 Å². The predicted octanol–water partition coefficient (Wildman–Crippen LogP) is 3.19. The third-order valence-corrected chi connectivity index (χ3v) is 3.82. The molecule has 0 aliphatic rings. The van der Waals surface area contributed by atoms with Crippen molar-refractivity contribution in [2.75, 3.05) is 7.05 Å². The SMILES string of the molecule is CNC(=O)/C(=C/c1cccc(-c2ccc(C)c(C)c2)c1)NC(C)=O. The summed E-state index contributed by atoms with van der Waals surface area (Å²) in [5.74, 6) is -0.614. The van der Waals surface area contributed by atoms with Gasteiger partial charge in [0, 0.05) is 14.0 Å². The maximum Gasteiger partial charge on any atom is 0.267 e. The van der Waals surface area contributed by atoms with E-state index in [1.54, 1.807) is 6.08 Å². The molecule has 0 aliphatic heterocycles. The topological polar surface area (TPSA) is 58.2 Å². The van der Waals surface area contributed by atoms with Crippen LogP contribution < -0.4 is 10.6 Å². The van der Waals surface area contributed by atoms with Crippen molar-refractivity contribution in [3.8, 4) is 11.1 Å². The Kier molecular flexibility index (Phi) is 5.53. The molecule has 0 fully saturated rings. The maximum absolute atomic E-state index is 11.9. The quantitative estimate of drug-likeness (QED) is 0.849. The zero-order chi connectivity index (χ0) is 17.7. The minimum atomic E-state index is -0.332. The fourth-order valence-corrected chi connectivity index (χ4v) is 2.38. The fourth-order valence-electron chi connectivity index (χ4n) is 2.38. The van der Waals surface area contributed by atoms with Crippen molar-refractivity contribution in [3.05, 3.63) is 64.9 Å². The normalized spacial score (nSPS) is 11.1. The van der Waals surface area contributed by atoms with Gasteiger partial charge in [-0.15, -0.1) is 0 Å². The molecule has 0 bridgehead atoms. The Labute approximate surface area is 142 Å². The smallest absolute Gasteiger partial charge is 0.267 e. The van der Waals surface area contributed by atoms with E-state index in [0.29, 0.717) is 0 Å². The van der Waals surface area contributed by atoms with Gasteiger partial charge < -0.3 is 10.6 Å². The van der Waals surface area contributed by atoms with Gasteiger partial charge in [-0.3, -0.25) is 9.59 Å². The lowest BCUT2D eigenvalue weighted by Gasteiger charge is -2.09. The van der Waals surface area contributed by atoms with Crippen molar-refractivity contribution in [2.45, 2.75) is 20.8 Å². The highest BCUT2D eigenvalue weighted by atomic mass is 16.2. The van der Waals surface area contributed by atoms with Gasteiger partial charge in [0.25, 0.3) is 5.91 Å². The van der Waals surface area contributed by atoms with Crippen LogP contribution in [0.15, 0.2) is 48.2 Å². The highest BCUT2D eigenvalue weighted by Gasteiger charge is 2.09. The summed E-state index contributed by atoms with van der Waals surface area (Å²) in [5, 5.41) is 5.09. The summed E-state index contributed by atoms with van der Waals surface area (Å²) in [4.78, 5) is 23.2. The van der Waals surface area contributed by atoms with Crippen LogP contribution >= 0.6 is 0 Å². The number of hydrogen-bond acceptors (Lipinski definition) is 2. The summed E-state index contributed by atoms with van der Waals surface area (Å²) < 4.78 is 0. The Hall–Kier alpha value is -2.88. The van der Waals surface area contributed by atoms with Crippen molar-refractivity contribution in [2.24, 2.45) is 0 Å². The molecule has 4 nitrogen and oxygen atoms in total. The van der Waals surface area contributed by atoms with Crippen LogP contribution in [0.25, 0.3) is 17.2 Å². The van der Waals surface area contributed by atoms with Crippen molar-refractivity contribution in [1.82, 2.24) is 10.6 Å². The average Bonchev–Trinajstić information content (AvgIpc) is 2.56. The van der Waals surface area contributed by atoms with Crippen LogP contribution in [-0.4, -0.2) is 18.9 Å². The molecule has 0 saturated heterocycles. The summed E-state index contributed by atoms with van der Waals surface area (Å²) >= 11 is 0. The molecule has 2 rings (SSSR count). The van der Waals surface area contributed by atoms with E-state index in [1.807, 2.05) is 24.3 Å². The first kappa shape index (κ1) is 17.5. The average molecular weight is 322 g/mol. The minimum Gasteiger partial charge on any atom is -0.354 e. The summed E-state index contributed by atoms with van der Waals surface area (Å²) in [6, 6.07) is 14.2. The second kappa shape index (κ2) is 7.59. The molecule has 0 radical (unpaired) electrons. The molecule has 0 unspecified atom stereocenters. The molecule has 124 valence electrons. The van der Waals surface area contributed by atoms with E-state index in [-0.39, 0.29) is 17.5 Å². The Morgan fingerprint density at radius 2 is 1.67 bits per heavy atom. The van der Waals surface area contributed by atoms with Crippen LogP contribution in [0, 0.1) is 13.8 Å². The second-order valence-electron chi connectivity index (χ2n) is 5.74. The zero-order valence-electron chi connectivity index (χ0n) is 14.4. The third-order valence-electron chi connectivity index (χ3n) is 3.82. The molecule has 2 amide bonds. The van der Waals surface area contributed by atoms with Crippen LogP contribution in [-0.2, 0) is 9.59 Å². The lowest BCUT2D eigenvalue weighted by atomic mass is 9.99. The van der Waals surface area contributed by atoms with Crippen LogP contribution in [0.1, 0.15) is 23.6 Å². The van der Waals surface area contributed by atoms with E-state index < -0.39 is 0 Å². The number of benzene rings is 2. The number of likely N-dealkylation sites (N-methyl/N-ethyl adjacent to an activating group) is 1. The largest absolute Gasteiger partial charge is 0.354 e. The number of hydrogen-bond donors (Lipinski definition) is 2. The number of amides is 2. The first-order valence-electron chi connectivity index (χ1n) is 7.79. The lowest BCUT2D eigenvalue weighted by Crippen LogP contribution is -2.31. The molecule has 0 heterocycles. The minimum absolute atomic E-state index is 0.224. The zero-order valence-corrected chi connectivity index (χ0v) is 14.4. The number of rotatable bonds is 4. The van der Waals surface area contributed by atoms with Crippen molar-refractivity contribution in [1.29, 1.82) is 0 Å². The molecule has 2 aromatic carbocycles. The monoisotopic (exact) mass is 322 g/mol. The lowest BCUT2D eigenvalue weighted by molar-refractivity contribution is -0.122. The number of carbonyl (C=O) groups excluding carboxylic acids is 2. The molecular weight excluding hydrogens is 300 g/mol. The van der Waals surface area contributed by atoms with Gasteiger partial charge >= 0.3 is 0 Å². The second-order valence-corrected chi connectivity index (χ2v) is 5.74. The summed E-state index contributed by atoms with van der Waals surface area (Å²) in [6.45, 7) is 5.55. The van der Waals surface area contributed by atoms with Gasteiger partial charge in [-0.05, 0) is 53.8 Å². The van der Waals surface area contributed by atoms with Gasteiger partial charge in [-0.1, -0.05) is 36.4 Å². The third kappa shape index (κ3) is 4.32. The molecule has 2 N–H and O–H groups in total. The van der Waals surface area contributed by atoms with Crippen molar-refractivity contribution >= 4 is 17.9 Å². The fraction of sp³-hybridized carbons (Fsp3) is 0.200. The van der Waals surface area contributed by atoms with Crippen LogP contribution in [0.2, 0.25) is 0 Å². The number of nitrogens with one attached hydrogen (secondary N) is 2. The first-order valence-corrected chi connectivity index (χ1v) is 7.79. The Morgan fingerprint density at radius 1 is 0.958 bits per heavy atom. The Balaban J connectivity index is 2.41. The molecule has 0 saturated carbocycles. The van der Waals surface area contributed by atoms with Crippen molar-refractivity contribution in [3.63, 3.8) is 0 Å². The molecule has 0 aromatic heterocycles. The van der Waals surface area contributed by atoms with E-state index >= 15 is 0 Å².